The Kier molecular flexibility index (Phi) is 4.98. The molecule has 3 rings (SSSR count). The van der Waals surface area contributed by atoms with Gasteiger partial charge in [0.25, 0.3) is 0 Å². The molecule has 0 atom stereocenters. The summed E-state index contributed by atoms with van der Waals surface area (Å²) in [5, 5.41) is 3.44. The van der Waals surface area contributed by atoms with Crippen LogP contribution in [0.15, 0.2) is 30.3 Å². The first-order chi connectivity index (χ1) is 10.8. The number of para-hydroxylation sites is 1. The lowest BCUT2D eigenvalue weighted by Crippen LogP contribution is -2.47. The minimum Gasteiger partial charge on any atom is -0.493 e. The van der Waals surface area contributed by atoms with Gasteiger partial charge in [0, 0.05) is 13.1 Å². The number of rotatable bonds is 4. The zero-order valence-electron chi connectivity index (χ0n) is 13.2. The molecule has 1 amide bonds. The van der Waals surface area contributed by atoms with Crippen molar-refractivity contribution in [3.05, 3.63) is 30.3 Å². The fourth-order valence-corrected chi connectivity index (χ4v) is 3.62. The van der Waals surface area contributed by atoms with Gasteiger partial charge in [0.05, 0.1) is 13.0 Å². The summed E-state index contributed by atoms with van der Waals surface area (Å²) in [5.74, 6) is 1.07. The van der Waals surface area contributed by atoms with Gasteiger partial charge in [-0.2, -0.15) is 0 Å². The molecule has 4 heteroatoms. The molecule has 2 heterocycles. The molecule has 0 radical (unpaired) electrons. The van der Waals surface area contributed by atoms with E-state index in [0.717, 1.165) is 31.9 Å². The summed E-state index contributed by atoms with van der Waals surface area (Å²) in [6, 6.07) is 9.70. The van der Waals surface area contributed by atoms with Crippen molar-refractivity contribution in [1.82, 2.24) is 10.2 Å². The Balaban J connectivity index is 1.40. The highest BCUT2D eigenvalue weighted by molar-refractivity contribution is 5.76. The summed E-state index contributed by atoms with van der Waals surface area (Å²) in [6.07, 6.45) is 5.35. The Morgan fingerprint density at radius 2 is 1.77 bits per heavy atom. The van der Waals surface area contributed by atoms with Gasteiger partial charge in [0.15, 0.2) is 0 Å². The van der Waals surface area contributed by atoms with Gasteiger partial charge in [-0.15, -0.1) is 0 Å². The minimum atomic E-state index is 0.236. The lowest BCUT2D eigenvalue weighted by atomic mass is 9.71. The number of benzene rings is 1. The van der Waals surface area contributed by atoms with Crippen molar-refractivity contribution in [2.75, 3.05) is 32.8 Å². The smallest absolute Gasteiger partial charge is 0.225 e. The van der Waals surface area contributed by atoms with Crippen LogP contribution in [-0.2, 0) is 4.79 Å². The van der Waals surface area contributed by atoms with Gasteiger partial charge in [-0.25, -0.2) is 0 Å². The predicted molar refractivity (Wildman–Crippen MR) is 86.9 cm³/mol. The molecule has 0 bridgehead atoms. The van der Waals surface area contributed by atoms with Crippen molar-refractivity contribution in [3.63, 3.8) is 0 Å². The molecule has 0 saturated carbocycles. The van der Waals surface area contributed by atoms with E-state index in [4.69, 9.17) is 4.74 Å². The predicted octanol–water partition coefficient (Wildman–Crippen LogP) is 2.45. The van der Waals surface area contributed by atoms with Gasteiger partial charge in [-0.05, 0) is 56.3 Å². The summed E-state index contributed by atoms with van der Waals surface area (Å²) in [5.41, 5.74) is 0.503. The van der Waals surface area contributed by atoms with Crippen LogP contribution < -0.4 is 10.1 Å². The van der Waals surface area contributed by atoms with E-state index in [1.807, 2.05) is 35.2 Å². The van der Waals surface area contributed by atoms with Gasteiger partial charge < -0.3 is 15.0 Å². The van der Waals surface area contributed by atoms with E-state index in [1.165, 1.54) is 25.7 Å². The normalized spacial score (nSPS) is 20.8. The first-order valence-corrected chi connectivity index (χ1v) is 8.44. The number of hydrogen-bond acceptors (Lipinski definition) is 3. The molecular formula is C18H26N2O2. The first kappa shape index (κ1) is 15.3. The van der Waals surface area contributed by atoms with Gasteiger partial charge in [0.2, 0.25) is 5.91 Å². The van der Waals surface area contributed by atoms with E-state index in [1.54, 1.807) is 0 Å². The molecule has 2 aliphatic rings. The zero-order chi connectivity index (χ0) is 15.3. The summed E-state index contributed by atoms with van der Waals surface area (Å²) in [4.78, 5) is 14.3. The molecule has 2 fully saturated rings. The van der Waals surface area contributed by atoms with E-state index >= 15 is 0 Å². The number of nitrogens with one attached hydrogen (secondary N) is 1. The zero-order valence-corrected chi connectivity index (χ0v) is 13.2. The van der Waals surface area contributed by atoms with E-state index < -0.39 is 0 Å². The number of piperidine rings is 2. The molecule has 1 aromatic rings. The van der Waals surface area contributed by atoms with Crippen molar-refractivity contribution < 1.29 is 9.53 Å². The maximum Gasteiger partial charge on any atom is 0.225 e. The molecule has 22 heavy (non-hydrogen) atoms. The number of ether oxygens (including phenoxy) is 1. The second-order valence-electron chi connectivity index (χ2n) is 6.54. The second kappa shape index (κ2) is 7.14. The Labute approximate surface area is 132 Å². The average Bonchev–Trinajstić information content (AvgIpc) is 2.57. The van der Waals surface area contributed by atoms with Gasteiger partial charge in [-0.3, -0.25) is 4.79 Å². The van der Waals surface area contributed by atoms with Crippen molar-refractivity contribution >= 4 is 5.91 Å². The number of nitrogens with zero attached hydrogens (tertiary/aromatic N) is 1. The van der Waals surface area contributed by atoms with Crippen molar-refractivity contribution in [1.29, 1.82) is 0 Å². The Hall–Kier alpha value is -1.55. The van der Waals surface area contributed by atoms with Crippen molar-refractivity contribution in [3.8, 4) is 5.75 Å². The molecule has 0 unspecified atom stereocenters. The average molecular weight is 302 g/mol. The van der Waals surface area contributed by atoms with Crippen molar-refractivity contribution in [2.24, 2.45) is 5.41 Å². The molecular weight excluding hydrogens is 276 g/mol. The van der Waals surface area contributed by atoms with Gasteiger partial charge >= 0.3 is 0 Å². The number of likely N-dealkylation sites (tertiary alicyclic amines) is 1. The highest BCUT2D eigenvalue weighted by Crippen LogP contribution is 2.39. The summed E-state index contributed by atoms with van der Waals surface area (Å²) >= 11 is 0. The molecule has 4 nitrogen and oxygen atoms in total. The fourth-order valence-electron chi connectivity index (χ4n) is 3.62. The largest absolute Gasteiger partial charge is 0.493 e. The van der Waals surface area contributed by atoms with Gasteiger partial charge in [-0.1, -0.05) is 18.2 Å². The van der Waals surface area contributed by atoms with E-state index in [0.29, 0.717) is 18.4 Å². The fraction of sp³-hybridized carbons (Fsp3) is 0.611. The van der Waals surface area contributed by atoms with Crippen LogP contribution in [-0.4, -0.2) is 43.6 Å². The topological polar surface area (TPSA) is 41.6 Å². The molecule has 1 aromatic carbocycles. The number of carbonyl (C=O) groups excluding carboxylic acids is 1. The Bertz CT molecular complexity index is 473. The third-order valence-corrected chi connectivity index (χ3v) is 5.17. The summed E-state index contributed by atoms with van der Waals surface area (Å²) < 4.78 is 5.62. The highest BCUT2D eigenvalue weighted by Gasteiger charge is 2.36. The number of hydrogen-bond donors (Lipinski definition) is 1. The first-order valence-electron chi connectivity index (χ1n) is 8.44. The minimum absolute atomic E-state index is 0.236. The van der Waals surface area contributed by atoms with E-state index in [9.17, 15) is 4.79 Å². The lowest BCUT2D eigenvalue weighted by molar-refractivity contribution is -0.134. The molecule has 0 aliphatic carbocycles. The summed E-state index contributed by atoms with van der Waals surface area (Å²) in [6.45, 7) is 4.58. The van der Waals surface area contributed by atoms with Crippen LogP contribution in [0.25, 0.3) is 0 Å². The lowest BCUT2D eigenvalue weighted by Gasteiger charge is -2.44. The number of amides is 1. The molecule has 1 spiro atoms. The SMILES string of the molecule is O=C(CCOc1ccccc1)N1CCC2(CCNCC2)CC1. The summed E-state index contributed by atoms with van der Waals surface area (Å²) in [7, 11) is 0. The monoisotopic (exact) mass is 302 g/mol. The van der Waals surface area contributed by atoms with Crippen LogP contribution in [0.3, 0.4) is 0 Å². The third kappa shape index (κ3) is 3.80. The van der Waals surface area contributed by atoms with Crippen LogP contribution in [0.2, 0.25) is 0 Å². The van der Waals surface area contributed by atoms with E-state index in [2.05, 4.69) is 5.32 Å². The third-order valence-electron chi connectivity index (χ3n) is 5.17. The standard InChI is InChI=1S/C18H26N2O2/c21-17(6-15-22-16-4-2-1-3-5-16)20-13-9-18(10-14-20)7-11-19-12-8-18/h1-5,19H,6-15H2. The van der Waals surface area contributed by atoms with Crippen molar-refractivity contribution in [2.45, 2.75) is 32.1 Å². The Morgan fingerprint density at radius 1 is 1.09 bits per heavy atom. The van der Waals surface area contributed by atoms with Crippen LogP contribution in [0.4, 0.5) is 0 Å². The maximum atomic E-state index is 12.3. The maximum absolute atomic E-state index is 12.3. The van der Waals surface area contributed by atoms with Crippen LogP contribution in [0.1, 0.15) is 32.1 Å². The molecule has 2 aliphatic heterocycles. The quantitative estimate of drug-likeness (QED) is 0.929. The second-order valence-corrected chi connectivity index (χ2v) is 6.54. The van der Waals surface area contributed by atoms with Crippen LogP contribution in [0.5, 0.6) is 5.75 Å². The van der Waals surface area contributed by atoms with Gasteiger partial charge in [0.1, 0.15) is 5.75 Å². The Morgan fingerprint density at radius 3 is 2.45 bits per heavy atom. The highest BCUT2D eigenvalue weighted by atomic mass is 16.5. The number of carbonyl (C=O) groups is 1. The van der Waals surface area contributed by atoms with Crippen LogP contribution >= 0.6 is 0 Å². The molecule has 0 aromatic heterocycles. The molecule has 1 N–H and O–H groups in total. The van der Waals surface area contributed by atoms with E-state index in [-0.39, 0.29) is 5.91 Å². The molecule has 120 valence electrons. The molecule has 2 saturated heterocycles. The van der Waals surface area contributed by atoms with Crippen LogP contribution in [0, 0.1) is 5.41 Å².